The van der Waals surface area contributed by atoms with Gasteiger partial charge in [0.1, 0.15) is 12.1 Å². The van der Waals surface area contributed by atoms with Crippen molar-refractivity contribution >= 4 is 17.8 Å². The Morgan fingerprint density at radius 2 is 1.02 bits per heavy atom. The lowest BCUT2D eigenvalue weighted by molar-refractivity contribution is -0.150. The maximum atomic E-state index is 12.7. The Hall–Kier alpha value is -2.15. The van der Waals surface area contributed by atoms with Gasteiger partial charge in [-0.3, -0.25) is 9.59 Å². The Bertz CT molecular complexity index is 843. The number of aliphatic carboxylic acids is 1. The number of hydrogen-bond donors (Lipinski definition) is 3. The monoisotopic (exact) mass is 705 g/mol. The molecule has 0 rings (SSSR count). The molecule has 0 bridgehead atoms. The molecule has 0 aliphatic heterocycles. The first-order valence-electron chi connectivity index (χ1n) is 21.2. The predicted molar refractivity (Wildman–Crippen MR) is 211 cm³/mol. The predicted octanol–water partition coefficient (Wildman–Crippen LogP) is 11.7. The number of nitrogens with two attached hydrogens (primary N) is 1. The Kier molecular flexibility index (Phi) is 36.5. The first kappa shape index (κ1) is 47.8. The average molecular weight is 705 g/mol. The minimum atomic E-state index is -1.01. The number of nitrogens with one attached hydrogen (secondary N) is 1. The highest BCUT2D eigenvalue weighted by Crippen LogP contribution is 2.18. The van der Waals surface area contributed by atoms with Gasteiger partial charge in [-0.15, -0.1) is 0 Å². The number of amides is 1. The minimum Gasteiger partial charge on any atom is -0.480 e. The smallest absolute Gasteiger partial charge is 0.326 e. The molecule has 0 aliphatic carbocycles. The van der Waals surface area contributed by atoms with Gasteiger partial charge in [-0.2, -0.15) is 0 Å². The number of allylic oxidation sites excluding steroid dienone is 4. The third kappa shape index (κ3) is 34.3. The number of hydrogen-bond acceptors (Lipinski definition) is 5. The van der Waals surface area contributed by atoms with E-state index in [9.17, 15) is 19.5 Å². The SMILES string of the molecule is CCCC/C=C\CCCCCCCC(=O)OC(CCC/C=C\CCCCCCCCCC)CCCCCCCC(=O)NC(CCCN)C(=O)O. The lowest BCUT2D eigenvalue weighted by Gasteiger charge is -2.18. The number of ether oxygens (including phenoxy) is 1. The highest BCUT2D eigenvalue weighted by Gasteiger charge is 2.19. The molecule has 0 spiro atoms. The lowest BCUT2D eigenvalue weighted by Crippen LogP contribution is -2.40. The van der Waals surface area contributed by atoms with Crippen LogP contribution in [0.3, 0.4) is 0 Å². The van der Waals surface area contributed by atoms with Crippen LogP contribution in [0.15, 0.2) is 24.3 Å². The van der Waals surface area contributed by atoms with Crippen molar-refractivity contribution in [2.75, 3.05) is 6.54 Å². The van der Waals surface area contributed by atoms with Crippen LogP contribution in [0.1, 0.15) is 213 Å². The van der Waals surface area contributed by atoms with Crippen molar-refractivity contribution in [2.45, 2.75) is 225 Å². The Labute approximate surface area is 308 Å². The molecule has 4 N–H and O–H groups in total. The Morgan fingerprint density at radius 1 is 0.560 bits per heavy atom. The van der Waals surface area contributed by atoms with Gasteiger partial charge in [0.15, 0.2) is 0 Å². The molecule has 7 heteroatoms. The van der Waals surface area contributed by atoms with Crippen LogP contribution < -0.4 is 11.1 Å². The molecule has 0 radical (unpaired) electrons. The van der Waals surface area contributed by atoms with Crippen molar-refractivity contribution < 1.29 is 24.2 Å². The van der Waals surface area contributed by atoms with Crippen LogP contribution in [-0.2, 0) is 19.1 Å². The number of carboxylic acid groups (broad SMARTS) is 1. The van der Waals surface area contributed by atoms with Crippen molar-refractivity contribution in [3.63, 3.8) is 0 Å². The minimum absolute atomic E-state index is 0.0182. The summed E-state index contributed by atoms with van der Waals surface area (Å²) >= 11 is 0. The van der Waals surface area contributed by atoms with Crippen LogP contribution in [-0.4, -0.2) is 41.6 Å². The molecule has 50 heavy (non-hydrogen) atoms. The quantitative estimate of drug-likeness (QED) is 0.0334. The third-order valence-corrected chi connectivity index (χ3v) is 9.49. The van der Waals surface area contributed by atoms with Crippen LogP contribution in [0.5, 0.6) is 0 Å². The van der Waals surface area contributed by atoms with Gasteiger partial charge >= 0.3 is 11.9 Å². The molecule has 0 aliphatic rings. The summed E-state index contributed by atoms with van der Waals surface area (Å²) in [7, 11) is 0. The van der Waals surface area contributed by atoms with E-state index in [2.05, 4.69) is 43.5 Å². The summed E-state index contributed by atoms with van der Waals surface area (Å²) in [5.74, 6) is -1.26. The van der Waals surface area contributed by atoms with Crippen molar-refractivity contribution in [3.05, 3.63) is 24.3 Å². The third-order valence-electron chi connectivity index (χ3n) is 9.49. The van der Waals surface area contributed by atoms with Gasteiger partial charge in [-0.1, -0.05) is 134 Å². The van der Waals surface area contributed by atoms with E-state index in [4.69, 9.17) is 10.5 Å². The largest absolute Gasteiger partial charge is 0.480 e. The fourth-order valence-corrected chi connectivity index (χ4v) is 6.26. The maximum absolute atomic E-state index is 12.7. The summed E-state index contributed by atoms with van der Waals surface area (Å²) in [4.78, 5) is 36.3. The Morgan fingerprint density at radius 3 is 1.58 bits per heavy atom. The van der Waals surface area contributed by atoms with Crippen molar-refractivity contribution in [1.29, 1.82) is 0 Å². The van der Waals surface area contributed by atoms with Crippen LogP contribution >= 0.6 is 0 Å². The summed E-state index contributed by atoms with van der Waals surface area (Å²) in [5.41, 5.74) is 5.48. The summed E-state index contributed by atoms with van der Waals surface area (Å²) < 4.78 is 6.01. The molecule has 0 aromatic carbocycles. The van der Waals surface area contributed by atoms with E-state index in [1.807, 2.05) is 0 Å². The van der Waals surface area contributed by atoms with Gasteiger partial charge < -0.3 is 20.9 Å². The van der Waals surface area contributed by atoms with E-state index in [1.165, 1.54) is 103 Å². The van der Waals surface area contributed by atoms with Gasteiger partial charge in [-0.05, 0) is 96.4 Å². The number of carbonyl (C=O) groups is 3. The average Bonchev–Trinajstić information content (AvgIpc) is 3.10. The van der Waals surface area contributed by atoms with Gasteiger partial charge in [0.25, 0.3) is 0 Å². The summed E-state index contributed by atoms with van der Waals surface area (Å²) in [5, 5.41) is 11.9. The highest BCUT2D eigenvalue weighted by molar-refractivity contribution is 5.83. The van der Waals surface area contributed by atoms with Gasteiger partial charge in [0.2, 0.25) is 5.91 Å². The number of esters is 1. The zero-order valence-electron chi connectivity index (χ0n) is 32.7. The molecular weight excluding hydrogens is 624 g/mol. The van der Waals surface area contributed by atoms with Crippen LogP contribution in [0.4, 0.5) is 0 Å². The van der Waals surface area contributed by atoms with E-state index >= 15 is 0 Å². The van der Waals surface area contributed by atoms with E-state index in [0.717, 1.165) is 70.6 Å². The van der Waals surface area contributed by atoms with Crippen LogP contribution in [0, 0.1) is 0 Å². The maximum Gasteiger partial charge on any atom is 0.326 e. The lowest BCUT2D eigenvalue weighted by atomic mass is 10.0. The zero-order valence-corrected chi connectivity index (χ0v) is 32.7. The van der Waals surface area contributed by atoms with Crippen LogP contribution in [0.2, 0.25) is 0 Å². The Balaban J connectivity index is 4.38. The number of rotatable bonds is 38. The van der Waals surface area contributed by atoms with Crippen molar-refractivity contribution in [2.24, 2.45) is 5.73 Å². The van der Waals surface area contributed by atoms with Gasteiger partial charge in [0, 0.05) is 12.8 Å². The van der Waals surface area contributed by atoms with Crippen molar-refractivity contribution in [3.8, 4) is 0 Å². The molecule has 0 saturated heterocycles. The zero-order chi connectivity index (χ0) is 36.8. The van der Waals surface area contributed by atoms with Crippen molar-refractivity contribution in [1.82, 2.24) is 5.32 Å². The summed E-state index contributed by atoms with van der Waals surface area (Å²) in [6.45, 7) is 4.91. The standard InChI is InChI=1S/C43H80N2O5/c1-3-5-7-9-11-13-15-16-18-19-21-24-28-33-39(50-42(47)37-31-27-22-20-17-14-12-10-8-6-4-2)34-29-25-23-26-30-36-41(46)45-40(43(48)49)35-32-38-44/h10,12,19,21,39-40H,3-9,11,13-18,20,22-38,44H2,1-2H3,(H,45,46)(H,48,49)/b12-10-,21-19-. The molecule has 0 heterocycles. The first-order valence-corrected chi connectivity index (χ1v) is 21.2. The topological polar surface area (TPSA) is 119 Å². The second-order valence-corrected chi connectivity index (χ2v) is 14.4. The molecule has 0 aromatic rings. The molecule has 1 amide bonds. The second kappa shape index (κ2) is 38.1. The number of unbranched alkanes of at least 4 members (excludes halogenated alkanes) is 20. The van der Waals surface area contributed by atoms with E-state index in [0.29, 0.717) is 32.2 Å². The van der Waals surface area contributed by atoms with Crippen LogP contribution in [0.25, 0.3) is 0 Å². The van der Waals surface area contributed by atoms with Gasteiger partial charge in [0.05, 0.1) is 0 Å². The normalized spacial score (nSPS) is 12.9. The first-order chi connectivity index (χ1) is 24.4. The summed E-state index contributed by atoms with van der Waals surface area (Å²) in [6.07, 6.45) is 42.2. The fraction of sp³-hybridized carbons (Fsp3) is 0.837. The molecular formula is C43H80N2O5. The molecule has 0 fully saturated rings. The fourth-order valence-electron chi connectivity index (χ4n) is 6.26. The molecule has 2 atom stereocenters. The van der Waals surface area contributed by atoms with E-state index in [1.54, 1.807) is 0 Å². The molecule has 0 aromatic heterocycles. The molecule has 7 nitrogen and oxygen atoms in total. The second-order valence-electron chi connectivity index (χ2n) is 14.4. The molecule has 2 unspecified atom stereocenters. The number of carbonyl (C=O) groups excluding carboxylic acids is 2. The van der Waals surface area contributed by atoms with Gasteiger partial charge in [-0.25, -0.2) is 4.79 Å². The van der Waals surface area contributed by atoms with E-state index < -0.39 is 12.0 Å². The molecule has 292 valence electrons. The molecule has 0 saturated carbocycles. The highest BCUT2D eigenvalue weighted by atomic mass is 16.5. The summed E-state index contributed by atoms with van der Waals surface area (Å²) in [6, 6.07) is -0.858. The van der Waals surface area contributed by atoms with E-state index in [-0.39, 0.29) is 18.0 Å². The number of carboxylic acids is 1.